The van der Waals surface area contributed by atoms with Crippen LogP contribution in [0.15, 0.2) is 60.7 Å². The van der Waals surface area contributed by atoms with E-state index in [4.69, 9.17) is 9.84 Å². The van der Waals surface area contributed by atoms with Crippen molar-refractivity contribution in [2.45, 2.75) is 20.0 Å². The molecule has 0 aliphatic carbocycles. The van der Waals surface area contributed by atoms with Gasteiger partial charge in [-0.1, -0.05) is 42.5 Å². The van der Waals surface area contributed by atoms with Gasteiger partial charge in [0.2, 0.25) is 5.91 Å². The van der Waals surface area contributed by atoms with Gasteiger partial charge in [-0.15, -0.1) is 0 Å². The summed E-state index contributed by atoms with van der Waals surface area (Å²) in [5, 5.41) is 8.74. The summed E-state index contributed by atoms with van der Waals surface area (Å²) in [7, 11) is 0. The zero-order valence-corrected chi connectivity index (χ0v) is 14.8. The predicted molar refractivity (Wildman–Crippen MR) is 101 cm³/mol. The Kier molecular flexibility index (Phi) is 7.43. The molecule has 2 rings (SSSR count). The highest BCUT2D eigenvalue weighted by molar-refractivity contribution is 5.92. The van der Waals surface area contributed by atoms with Crippen LogP contribution < -0.4 is 4.74 Å². The number of carboxylic acids is 1. The van der Waals surface area contributed by atoms with Crippen molar-refractivity contribution in [1.29, 1.82) is 0 Å². The summed E-state index contributed by atoms with van der Waals surface area (Å²) >= 11 is 0. The molecule has 5 heteroatoms. The van der Waals surface area contributed by atoms with Crippen molar-refractivity contribution < 1.29 is 19.4 Å². The summed E-state index contributed by atoms with van der Waals surface area (Å²) in [5.41, 5.74) is 1.93. The molecule has 0 unspecified atom stereocenters. The fraction of sp³-hybridized carbons (Fsp3) is 0.238. The molecule has 1 amide bonds. The molecule has 0 atom stereocenters. The van der Waals surface area contributed by atoms with Gasteiger partial charge in [0.15, 0.2) is 0 Å². The van der Waals surface area contributed by atoms with Gasteiger partial charge in [0, 0.05) is 19.2 Å². The lowest BCUT2D eigenvalue weighted by Crippen LogP contribution is -2.31. The second-order valence-corrected chi connectivity index (χ2v) is 5.74. The first-order valence-corrected chi connectivity index (χ1v) is 8.54. The highest BCUT2D eigenvalue weighted by Crippen LogP contribution is 2.16. The lowest BCUT2D eigenvalue weighted by molar-refractivity contribution is -0.137. The molecule has 0 saturated heterocycles. The molecule has 0 aliphatic heterocycles. The van der Waals surface area contributed by atoms with Gasteiger partial charge >= 0.3 is 5.97 Å². The molecule has 26 heavy (non-hydrogen) atoms. The van der Waals surface area contributed by atoms with Gasteiger partial charge in [-0.3, -0.25) is 9.59 Å². The molecule has 0 heterocycles. The predicted octanol–water partition coefficient (Wildman–Crippen LogP) is 3.60. The maximum atomic E-state index is 12.2. The first-order valence-electron chi connectivity index (χ1n) is 8.54. The maximum absolute atomic E-state index is 12.2. The number of hydrogen-bond donors (Lipinski definition) is 1. The average molecular weight is 353 g/mol. The number of nitrogens with zero attached hydrogens (tertiary/aromatic N) is 1. The van der Waals surface area contributed by atoms with Crippen LogP contribution in [-0.2, 0) is 16.2 Å². The highest BCUT2D eigenvalue weighted by atomic mass is 16.5. The zero-order valence-electron chi connectivity index (χ0n) is 14.8. The van der Waals surface area contributed by atoms with E-state index in [1.54, 1.807) is 6.08 Å². The summed E-state index contributed by atoms with van der Waals surface area (Å²) in [6.45, 7) is 2.98. The van der Waals surface area contributed by atoms with Gasteiger partial charge in [0.1, 0.15) is 12.4 Å². The Balaban J connectivity index is 1.95. The van der Waals surface area contributed by atoms with Gasteiger partial charge in [-0.2, -0.15) is 0 Å². The standard InChI is InChI=1S/C21H23NO4/c1-2-22(14-13-21(24)25)20(23)12-11-17-9-6-10-19(15-17)26-16-18-7-4-3-5-8-18/h3-12,15H,2,13-14,16H2,1H3,(H,24,25)/b12-11+. The topological polar surface area (TPSA) is 66.8 Å². The van der Waals surface area contributed by atoms with Gasteiger partial charge in [-0.05, 0) is 36.3 Å². The van der Waals surface area contributed by atoms with E-state index in [1.165, 1.54) is 11.0 Å². The number of hydrogen-bond acceptors (Lipinski definition) is 3. The second-order valence-electron chi connectivity index (χ2n) is 5.74. The van der Waals surface area contributed by atoms with E-state index in [0.29, 0.717) is 13.2 Å². The zero-order chi connectivity index (χ0) is 18.8. The Morgan fingerprint density at radius 1 is 1.12 bits per heavy atom. The number of aliphatic carboxylic acids is 1. The molecule has 0 radical (unpaired) electrons. The summed E-state index contributed by atoms with van der Waals surface area (Å²) in [6.07, 6.45) is 3.11. The van der Waals surface area contributed by atoms with Crippen LogP contribution >= 0.6 is 0 Å². The van der Waals surface area contributed by atoms with Crippen LogP contribution in [0.3, 0.4) is 0 Å². The van der Waals surface area contributed by atoms with E-state index in [-0.39, 0.29) is 18.9 Å². The monoisotopic (exact) mass is 353 g/mol. The summed E-state index contributed by atoms with van der Waals surface area (Å²) in [5.74, 6) is -0.394. The van der Waals surface area contributed by atoms with Crippen LogP contribution in [0.4, 0.5) is 0 Å². The van der Waals surface area contributed by atoms with Crippen molar-refractivity contribution in [1.82, 2.24) is 4.90 Å². The number of carbonyl (C=O) groups excluding carboxylic acids is 1. The smallest absolute Gasteiger partial charge is 0.305 e. The fourth-order valence-corrected chi connectivity index (χ4v) is 2.38. The molecule has 0 bridgehead atoms. The van der Waals surface area contributed by atoms with Crippen molar-refractivity contribution in [3.63, 3.8) is 0 Å². The van der Waals surface area contributed by atoms with Crippen molar-refractivity contribution in [2.75, 3.05) is 13.1 Å². The molecular weight excluding hydrogens is 330 g/mol. The fourth-order valence-electron chi connectivity index (χ4n) is 2.38. The van der Waals surface area contributed by atoms with E-state index in [1.807, 2.05) is 61.5 Å². The van der Waals surface area contributed by atoms with E-state index in [9.17, 15) is 9.59 Å². The first kappa shape index (κ1) is 19.2. The number of rotatable bonds is 9. The van der Waals surface area contributed by atoms with E-state index in [0.717, 1.165) is 16.9 Å². The number of likely N-dealkylation sites (N-methyl/N-ethyl adjacent to an activating group) is 1. The maximum Gasteiger partial charge on any atom is 0.305 e. The summed E-state index contributed by atoms with van der Waals surface area (Å²) in [4.78, 5) is 24.3. The normalized spacial score (nSPS) is 10.7. The minimum Gasteiger partial charge on any atom is -0.489 e. The number of ether oxygens (including phenoxy) is 1. The van der Waals surface area contributed by atoms with Crippen LogP contribution in [0.5, 0.6) is 5.75 Å². The van der Waals surface area contributed by atoms with E-state index >= 15 is 0 Å². The third-order valence-corrected chi connectivity index (χ3v) is 3.81. The molecule has 2 aromatic carbocycles. The molecule has 1 N–H and O–H groups in total. The van der Waals surface area contributed by atoms with Crippen molar-refractivity contribution in [3.8, 4) is 5.75 Å². The van der Waals surface area contributed by atoms with E-state index < -0.39 is 5.97 Å². The Labute approximate surface area is 153 Å². The molecule has 0 fully saturated rings. The highest BCUT2D eigenvalue weighted by Gasteiger charge is 2.10. The number of carbonyl (C=O) groups is 2. The molecule has 136 valence electrons. The molecule has 0 spiro atoms. The quantitative estimate of drug-likeness (QED) is 0.700. The lowest BCUT2D eigenvalue weighted by Gasteiger charge is -2.17. The molecule has 0 aromatic heterocycles. The Bertz CT molecular complexity index is 756. The number of benzene rings is 2. The van der Waals surface area contributed by atoms with Crippen LogP contribution in [-0.4, -0.2) is 35.0 Å². The summed E-state index contributed by atoms with van der Waals surface area (Å²) < 4.78 is 5.78. The SMILES string of the molecule is CCN(CCC(=O)O)C(=O)/C=C/c1cccc(OCc2ccccc2)c1. The van der Waals surface area contributed by atoms with Gasteiger partial charge in [0.25, 0.3) is 0 Å². The van der Waals surface area contributed by atoms with Gasteiger partial charge in [0.05, 0.1) is 6.42 Å². The Hall–Kier alpha value is -3.08. The molecule has 0 aliphatic rings. The Morgan fingerprint density at radius 3 is 2.58 bits per heavy atom. The molecule has 5 nitrogen and oxygen atoms in total. The van der Waals surface area contributed by atoms with Crippen LogP contribution in [0.1, 0.15) is 24.5 Å². The first-order chi connectivity index (χ1) is 12.6. The average Bonchev–Trinajstić information content (AvgIpc) is 2.66. The number of carboxylic acid groups (broad SMARTS) is 1. The van der Waals surface area contributed by atoms with Crippen LogP contribution in [0, 0.1) is 0 Å². The third-order valence-electron chi connectivity index (χ3n) is 3.81. The lowest BCUT2D eigenvalue weighted by atomic mass is 10.2. The van der Waals surface area contributed by atoms with Gasteiger partial charge < -0.3 is 14.7 Å². The molecule has 0 saturated carbocycles. The summed E-state index contributed by atoms with van der Waals surface area (Å²) in [6, 6.07) is 17.4. The Morgan fingerprint density at radius 2 is 1.88 bits per heavy atom. The molecular formula is C21H23NO4. The van der Waals surface area contributed by atoms with Crippen LogP contribution in [0.25, 0.3) is 6.08 Å². The van der Waals surface area contributed by atoms with E-state index in [2.05, 4.69) is 0 Å². The van der Waals surface area contributed by atoms with Crippen LogP contribution in [0.2, 0.25) is 0 Å². The largest absolute Gasteiger partial charge is 0.489 e. The van der Waals surface area contributed by atoms with Crippen molar-refractivity contribution in [2.24, 2.45) is 0 Å². The van der Waals surface area contributed by atoms with Gasteiger partial charge in [-0.25, -0.2) is 0 Å². The minimum atomic E-state index is -0.913. The minimum absolute atomic E-state index is 0.0593. The van der Waals surface area contributed by atoms with Crippen molar-refractivity contribution >= 4 is 18.0 Å². The number of amides is 1. The molecule has 2 aromatic rings. The third kappa shape index (κ3) is 6.43. The second kappa shape index (κ2) is 10.0. The van der Waals surface area contributed by atoms with Crippen molar-refractivity contribution in [3.05, 3.63) is 71.8 Å².